The van der Waals surface area contributed by atoms with Gasteiger partial charge in [-0.25, -0.2) is 0 Å². The number of hydrogen-bond acceptors (Lipinski definition) is 6. The number of rotatable bonds is 3. The van der Waals surface area contributed by atoms with Crippen LogP contribution in [0.2, 0.25) is 5.02 Å². The van der Waals surface area contributed by atoms with Gasteiger partial charge in [0, 0.05) is 38.7 Å². The van der Waals surface area contributed by atoms with E-state index in [9.17, 15) is 4.79 Å². The minimum absolute atomic E-state index is 0.0931. The van der Waals surface area contributed by atoms with Crippen LogP contribution >= 0.6 is 22.9 Å². The number of amides is 1. The first kappa shape index (κ1) is 23.6. The second kappa shape index (κ2) is 8.35. The van der Waals surface area contributed by atoms with Crippen molar-refractivity contribution in [3.05, 3.63) is 80.0 Å². The molecule has 1 aromatic carbocycles. The number of fused-ring (bicyclic) bond motifs is 7. The minimum atomic E-state index is -0.360. The maximum absolute atomic E-state index is 13.6. The van der Waals surface area contributed by atoms with Crippen molar-refractivity contribution >= 4 is 34.6 Å². The lowest BCUT2D eigenvalue weighted by Gasteiger charge is -2.25. The zero-order valence-electron chi connectivity index (χ0n) is 21.9. The third-order valence-corrected chi connectivity index (χ3v) is 10.2. The van der Waals surface area contributed by atoms with Gasteiger partial charge in [0.25, 0.3) is 0 Å². The number of carbonyl (C=O) groups is 1. The van der Waals surface area contributed by atoms with Crippen molar-refractivity contribution in [3.8, 4) is 5.00 Å². The molecule has 1 N–H and O–H groups in total. The van der Waals surface area contributed by atoms with Crippen LogP contribution < -0.4 is 5.32 Å². The van der Waals surface area contributed by atoms with E-state index in [4.69, 9.17) is 16.6 Å². The first-order valence-electron chi connectivity index (χ1n) is 13.7. The second-order valence-electron chi connectivity index (χ2n) is 11.4. The fraction of sp³-hybridized carbons (Fsp3) is 0.414. The highest BCUT2D eigenvalue weighted by Crippen LogP contribution is 2.54. The van der Waals surface area contributed by atoms with E-state index in [2.05, 4.69) is 37.3 Å². The van der Waals surface area contributed by atoms with E-state index in [-0.39, 0.29) is 23.4 Å². The van der Waals surface area contributed by atoms with Gasteiger partial charge in [0.15, 0.2) is 5.82 Å². The number of hydrogen-bond donors (Lipinski definition) is 1. The molecule has 1 amide bonds. The molecular formula is C29H28ClN7OS. The van der Waals surface area contributed by atoms with Crippen molar-refractivity contribution in [1.82, 2.24) is 29.9 Å². The third-order valence-electron chi connectivity index (χ3n) is 8.66. The highest BCUT2D eigenvalue weighted by molar-refractivity contribution is 7.15. The highest BCUT2D eigenvalue weighted by atomic mass is 35.5. The van der Waals surface area contributed by atoms with Crippen molar-refractivity contribution < 1.29 is 4.79 Å². The van der Waals surface area contributed by atoms with E-state index in [1.54, 1.807) is 11.3 Å². The van der Waals surface area contributed by atoms with Gasteiger partial charge in [-0.15, -0.1) is 21.5 Å². The topological polar surface area (TPSA) is 90.0 Å². The maximum atomic E-state index is 13.6. The van der Waals surface area contributed by atoms with Gasteiger partial charge in [-0.2, -0.15) is 5.10 Å². The summed E-state index contributed by atoms with van der Waals surface area (Å²) in [4.78, 5) is 20.2. The van der Waals surface area contributed by atoms with Crippen molar-refractivity contribution in [2.24, 2.45) is 10.9 Å². The molecule has 1 saturated carbocycles. The lowest BCUT2D eigenvalue weighted by atomic mass is 9.97. The zero-order chi connectivity index (χ0) is 26.5. The highest BCUT2D eigenvalue weighted by Gasteiger charge is 2.52. The van der Waals surface area contributed by atoms with Gasteiger partial charge in [0.1, 0.15) is 16.4 Å². The van der Waals surface area contributed by atoms with Crippen molar-refractivity contribution in [2.75, 3.05) is 0 Å². The molecule has 0 radical (unpaired) electrons. The molecule has 198 valence electrons. The van der Waals surface area contributed by atoms with E-state index < -0.39 is 0 Å². The molecule has 1 spiro atoms. The second-order valence-corrected chi connectivity index (χ2v) is 12.9. The Morgan fingerprint density at radius 2 is 2.03 bits per heavy atom. The van der Waals surface area contributed by atoms with Crippen LogP contribution in [0.1, 0.15) is 63.9 Å². The van der Waals surface area contributed by atoms with E-state index in [1.165, 1.54) is 16.1 Å². The molecule has 39 heavy (non-hydrogen) atoms. The van der Waals surface area contributed by atoms with Gasteiger partial charge in [-0.3, -0.25) is 19.0 Å². The molecule has 8 rings (SSSR count). The molecule has 5 heterocycles. The van der Waals surface area contributed by atoms with Crippen LogP contribution in [-0.4, -0.2) is 42.2 Å². The van der Waals surface area contributed by atoms with Gasteiger partial charge >= 0.3 is 0 Å². The third kappa shape index (κ3) is 3.59. The van der Waals surface area contributed by atoms with Crippen molar-refractivity contribution in [3.63, 3.8) is 0 Å². The number of nitrogens with zero attached hydrogens (tertiary/aromatic N) is 6. The Morgan fingerprint density at radius 3 is 2.85 bits per heavy atom. The monoisotopic (exact) mass is 557 g/mol. The zero-order valence-corrected chi connectivity index (χ0v) is 23.4. The van der Waals surface area contributed by atoms with Gasteiger partial charge in [-0.1, -0.05) is 29.8 Å². The molecule has 0 bridgehead atoms. The average Bonchev–Trinajstić information content (AvgIpc) is 3.19. The molecule has 2 atom stereocenters. The molecule has 1 fully saturated rings. The van der Waals surface area contributed by atoms with E-state index in [0.29, 0.717) is 11.4 Å². The fourth-order valence-corrected chi connectivity index (χ4v) is 8.24. The summed E-state index contributed by atoms with van der Waals surface area (Å²) in [5.41, 5.74) is 6.11. The number of nitrogens with one attached hydrogen (secondary N) is 1. The number of thiophene rings is 1. The summed E-state index contributed by atoms with van der Waals surface area (Å²) >= 11 is 8.52. The van der Waals surface area contributed by atoms with E-state index >= 15 is 0 Å². The van der Waals surface area contributed by atoms with Gasteiger partial charge in [0.2, 0.25) is 5.91 Å². The Kier molecular flexibility index (Phi) is 5.05. The van der Waals surface area contributed by atoms with E-state index in [1.807, 2.05) is 36.7 Å². The fourth-order valence-electron chi connectivity index (χ4n) is 6.55. The van der Waals surface area contributed by atoms with Crippen LogP contribution in [0.3, 0.4) is 0 Å². The lowest BCUT2D eigenvalue weighted by molar-refractivity contribution is -0.125. The molecule has 3 aromatic heterocycles. The standard InChI is InChI=1S/C29H28ClN7OS/c1-15-11-19-8-7-18(14-36(19)35-15)31-26(38)17-12-21-23(13-17)39-27-24(21)25(20-5-3-4-6-22(20)30)32-29(9-10-29)28-34-33-16(2)37(27)28/h3-6,11,17-18H,7-10,12-14H2,1-2H3,(H,31,38)/t17-,18?/m0/s1. The SMILES string of the molecule is Cc1cc2n(n1)CC(NC(=O)[C@@H]1Cc3sc4c(c3C1)C(c1ccccc1Cl)=NC1(CC1)c1nnc(C)n1-4)CC2. The lowest BCUT2D eigenvalue weighted by Crippen LogP contribution is -2.44. The quantitative estimate of drug-likeness (QED) is 0.402. The predicted molar refractivity (Wildman–Crippen MR) is 150 cm³/mol. The van der Waals surface area contributed by atoms with Crippen LogP contribution in [-0.2, 0) is 36.1 Å². The van der Waals surface area contributed by atoms with Crippen LogP contribution in [0, 0.1) is 19.8 Å². The van der Waals surface area contributed by atoms with Crippen LogP contribution in [0.25, 0.3) is 5.00 Å². The molecule has 0 saturated heterocycles. The normalized spacial score (nSPS) is 22.0. The number of benzene rings is 1. The molecule has 4 aliphatic rings. The Labute approximate surface area is 235 Å². The van der Waals surface area contributed by atoms with Crippen molar-refractivity contribution in [2.45, 2.75) is 70.5 Å². The Bertz CT molecular complexity index is 1710. The summed E-state index contributed by atoms with van der Waals surface area (Å²) in [6.45, 7) is 4.77. The van der Waals surface area contributed by atoms with Crippen LogP contribution in [0.5, 0.6) is 0 Å². The summed E-state index contributed by atoms with van der Waals surface area (Å²) in [6.07, 6.45) is 5.20. The maximum Gasteiger partial charge on any atom is 0.224 e. The first-order valence-corrected chi connectivity index (χ1v) is 14.9. The number of halogens is 1. The summed E-state index contributed by atoms with van der Waals surface area (Å²) < 4.78 is 4.26. The molecule has 1 unspecified atom stereocenters. The number of aryl methyl sites for hydroxylation is 3. The summed E-state index contributed by atoms with van der Waals surface area (Å²) in [5.74, 6) is 1.83. The summed E-state index contributed by atoms with van der Waals surface area (Å²) in [7, 11) is 0. The molecule has 2 aliphatic heterocycles. The molecule has 10 heteroatoms. The molecule has 8 nitrogen and oxygen atoms in total. The van der Waals surface area contributed by atoms with Crippen molar-refractivity contribution in [1.29, 1.82) is 0 Å². The minimum Gasteiger partial charge on any atom is -0.351 e. The van der Waals surface area contributed by atoms with Crippen LogP contribution in [0.4, 0.5) is 0 Å². The number of aliphatic imine (C=N–C) groups is 1. The van der Waals surface area contributed by atoms with Gasteiger partial charge in [-0.05, 0) is 70.1 Å². The largest absolute Gasteiger partial charge is 0.351 e. The molecular weight excluding hydrogens is 530 g/mol. The Hall–Kier alpha value is -3.30. The van der Waals surface area contributed by atoms with Gasteiger partial charge in [0.05, 0.1) is 18.0 Å². The van der Waals surface area contributed by atoms with Crippen LogP contribution in [0.15, 0.2) is 35.3 Å². The van der Waals surface area contributed by atoms with Gasteiger partial charge < -0.3 is 5.32 Å². The smallest absolute Gasteiger partial charge is 0.224 e. The predicted octanol–water partition coefficient (Wildman–Crippen LogP) is 4.48. The summed E-state index contributed by atoms with van der Waals surface area (Å²) in [6, 6.07) is 10.2. The Balaban J connectivity index is 1.15. The molecule has 2 aliphatic carbocycles. The number of carbonyl (C=O) groups excluding carboxylic acids is 1. The molecule has 4 aromatic rings. The summed E-state index contributed by atoms with van der Waals surface area (Å²) in [5, 5.41) is 18.8. The van der Waals surface area contributed by atoms with E-state index in [0.717, 1.165) is 77.8 Å². The Morgan fingerprint density at radius 1 is 1.18 bits per heavy atom. The first-order chi connectivity index (χ1) is 18.9. The average molecular weight is 558 g/mol. The number of aromatic nitrogens is 5.